The smallest absolute Gasteiger partial charge is 0.322 e. The quantitative estimate of drug-likeness (QED) is 0.648. The molecule has 0 saturated carbocycles. The number of likely N-dealkylation sites (tertiary alicyclic amines) is 1. The van der Waals surface area contributed by atoms with Gasteiger partial charge in [0.1, 0.15) is 6.54 Å². The third kappa shape index (κ3) is 5.19. The van der Waals surface area contributed by atoms with E-state index in [4.69, 9.17) is 0 Å². The minimum absolute atomic E-state index is 0.00927. The van der Waals surface area contributed by atoms with Crippen LogP contribution in [0.1, 0.15) is 56.3 Å². The van der Waals surface area contributed by atoms with Crippen molar-refractivity contribution >= 4 is 17.8 Å². The lowest BCUT2D eigenvalue weighted by atomic mass is 9.85. The molecular weight excluding hydrogens is 476 g/mol. The van der Waals surface area contributed by atoms with Gasteiger partial charge in [0.2, 0.25) is 5.91 Å². The summed E-state index contributed by atoms with van der Waals surface area (Å²) in [6.45, 7) is 8.20. The van der Waals surface area contributed by atoms with Crippen molar-refractivity contribution in [3.05, 3.63) is 82.6 Å². The Kier molecular flexibility index (Phi) is 7.03. The predicted octanol–water partition coefficient (Wildman–Crippen LogP) is 4.26. The van der Waals surface area contributed by atoms with Crippen LogP contribution in [-0.2, 0) is 21.4 Å². The lowest BCUT2D eigenvalue weighted by molar-refractivity contribution is -0.138. The third-order valence-corrected chi connectivity index (χ3v) is 8.21. The molecule has 1 saturated heterocycles. The first-order valence-electron chi connectivity index (χ1n) is 13.6. The lowest BCUT2D eigenvalue weighted by Crippen LogP contribution is -2.45. The van der Waals surface area contributed by atoms with Crippen molar-refractivity contribution in [3.63, 3.8) is 0 Å². The van der Waals surface area contributed by atoms with Crippen LogP contribution in [0.5, 0.6) is 0 Å². The first-order valence-corrected chi connectivity index (χ1v) is 13.6. The average Bonchev–Trinajstić information content (AvgIpc) is 3.22. The Morgan fingerprint density at radius 3 is 2.26 bits per heavy atom. The van der Waals surface area contributed by atoms with E-state index in [0.717, 1.165) is 24.8 Å². The number of piperidine rings is 1. The Morgan fingerprint density at radius 2 is 1.63 bits per heavy atom. The number of nitrogens with one attached hydrogen (secondary N) is 1. The van der Waals surface area contributed by atoms with Crippen LogP contribution < -0.4 is 5.32 Å². The fraction of sp³-hybridized carbons (Fsp3) is 0.452. The fourth-order valence-electron chi connectivity index (χ4n) is 5.77. The average molecular weight is 515 g/mol. The molecule has 1 atom stereocenters. The summed E-state index contributed by atoms with van der Waals surface area (Å²) >= 11 is 0. The van der Waals surface area contributed by atoms with Crippen molar-refractivity contribution in [2.24, 2.45) is 5.92 Å². The minimum Gasteiger partial charge on any atom is -0.341 e. The van der Waals surface area contributed by atoms with E-state index in [1.807, 2.05) is 23.1 Å². The summed E-state index contributed by atoms with van der Waals surface area (Å²) in [6, 6.07) is 17.8. The Bertz CT molecular complexity index is 1240. The molecule has 5 rings (SSSR count). The second-order valence-electron chi connectivity index (χ2n) is 11.8. The van der Waals surface area contributed by atoms with Crippen LogP contribution in [-0.4, -0.2) is 65.8 Å². The van der Waals surface area contributed by atoms with Gasteiger partial charge in [-0.15, -0.1) is 0 Å². The van der Waals surface area contributed by atoms with Crippen LogP contribution >= 0.6 is 0 Å². The molecule has 7 nitrogen and oxygen atoms in total. The van der Waals surface area contributed by atoms with Gasteiger partial charge < -0.3 is 15.1 Å². The van der Waals surface area contributed by atoms with Gasteiger partial charge in [-0.2, -0.15) is 0 Å². The van der Waals surface area contributed by atoms with Crippen LogP contribution in [0.15, 0.2) is 65.9 Å². The summed E-state index contributed by atoms with van der Waals surface area (Å²) in [7, 11) is 1.68. The first kappa shape index (κ1) is 26.0. The molecule has 0 aliphatic carbocycles. The molecule has 3 heterocycles. The number of hydrogen-bond acceptors (Lipinski definition) is 3. The molecule has 4 amide bonds. The molecule has 3 aliphatic rings. The van der Waals surface area contributed by atoms with Crippen LogP contribution in [0.2, 0.25) is 0 Å². The highest BCUT2D eigenvalue weighted by Gasteiger charge is 2.43. The maximum absolute atomic E-state index is 13.6. The van der Waals surface area contributed by atoms with Crippen molar-refractivity contribution in [1.29, 1.82) is 0 Å². The zero-order chi connectivity index (χ0) is 27.0. The second kappa shape index (κ2) is 10.3. The molecule has 38 heavy (non-hydrogen) atoms. The number of nitrogens with zero attached hydrogens (tertiary/aromatic N) is 3. The summed E-state index contributed by atoms with van der Waals surface area (Å²) < 4.78 is 0. The van der Waals surface area contributed by atoms with Gasteiger partial charge in [0.05, 0.1) is 23.9 Å². The molecule has 0 spiro atoms. The summed E-state index contributed by atoms with van der Waals surface area (Å²) in [6.07, 6.45) is 2.98. The molecule has 0 bridgehead atoms. The SMILES string of the molecule is CN1C(=O)NC(c2ccc(C(C)(C)C)cc2)C2=C1CN(CC(=O)N1CCC(Cc3ccccc3)CC1)C2=O. The van der Waals surface area contributed by atoms with Gasteiger partial charge >= 0.3 is 6.03 Å². The van der Waals surface area contributed by atoms with Gasteiger partial charge in [0.15, 0.2) is 0 Å². The third-order valence-electron chi connectivity index (χ3n) is 8.21. The number of urea groups is 1. The van der Waals surface area contributed by atoms with Gasteiger partial charge in [-0.3, -0.25) is 14.5 Å². The normalized spacial score (nSPS) is 20.6. The minimum atomic E-state index is -0.524. The van der Waals surface area contributed by atoms with Crippen molar-refractivity contribution in [2.45, 2.75) is 51.5 Å². The van der Waals surface area contributed by atoms with Crippen LogP contribution in [0.3, 0.4) is 0 Å². The van der Waals surface area contributed by atoms with E-state index in [1.165, 1.54) is 16.0 Å². The molecule has 2 aromatic rings. The van der Waals surface area contributed by atoms with Crippen molar-refractivity contribution in [3.8, 4) is 0 Å². The largest absolute Gasteiger partial charge is 0.341 e. The number of benzene rings is 2. The van der Waals surface area contributed by atoms with Gasteiger partial charge in [0, 0.05) is 20.1 Å². The highest BCUT2D eigenvalue weighted by atomic mass is 16.2. The molecule has 1 unspecified atom stereocenters. The van der Waals surface area contributed by atoms with E-state index < -0.39 is 6.04 Å². The number of likely N-dealkylation sites (N-methyl/N-ethyl adjacent to an activating group) is 1. The molecule has 1 N–H and O–H groups in total. The fourth-order valence-corrected chi connectivity index (χ4v) is 5.77. The van der Waals surface area contributed by atoms with E-state index in [9.17, 15) is 14.4 Å². The van der Waals surface area contributed by atoms with E-state index in [1.54, 1.807) is 11.9 Å². The predicted molar refractivity (Wildman–Crippen MR) is 147 cm³/mol. The van der Waals surface area contributed by atoms with Crippen LogP contribution in [0, 0.1) is 5.92 Å². The van der Waals surface area contributed by atoms with Crippen molar-refractivity contribution in [2.75, 3.05) is 33.2 Å². The lowest BCUT2D eigenvalue weighted by Gasteiger charge is -2.33. The number of carbonyl (C=O) groups excluding carboxylic acids is 3. The summed E-state index contributed by atoms with van der Waals surface area (Å²) in [5.41, 5.74) is 4.64. The molecule has 3 aliphatic heterocycles. The van der Waals surface area contributed by atoms with E-state index >= 15 is 0 Å². The number of rotatable bonds is 5. The van der Waals surface area contributed by atoms with Gasteiger partial charge in [-0.25, -0.2) is 4.79 Å². The molecule has 0 radical (unpaired) electrons. The standard InChI is InChI=1S/C31H38N4O3/c1-31(2,3)24-12-10-23(11-13-24)28-27-25(33(4)30(38)32-28)19-35(29(27)37)20-26(36)34-16-14-22(15-17-34)18-21-8-6-5-7-9-21/h5-13,22,28H,14-20H2,1-4H3,(H,32,38). The van der Waals surface area contributed by atoms with Gasteiger partial charge in [-0.1, -0.05) is 75.4 Å². The van der Waals surface area contributed by atoms with E-state index in [-0.39, 0.29) is 36.3 Å². The van der Waals surface area contributed by atoms with Crippen molar-refractivity contribution < 1.29 is 14.4 Å². The van der Waals surface area contributed by atoms with Crippen molar-refractivity contribution in [1.82, 2.24) is 20.0 Å². The molecule has 2 aromatic carbocycles. The van der Waals surface area contributed by atoms with E-state index in [2.05, 4.69) is 62.5 Å². The Hall–Kier alpha value is -3.61. The summed E-state index contributed by atoms with van der Waals surface area (Å²) in [5.74, 6) is 0.369. The molecule has 200 valence electrons. The first-order chi connectivity index (χ1) is 18.1. The maximum atomic E-state index is 13.6. The maximum Gasteiger partial charge on any atom is 0.322 e. The zero-order valence-corrected chi connectivity index (χ0v) is 22.9. The van der Waals surface area contributed by atoms with Crippen LogP contribution in [0.4, 0.5) is 4.79 Å². The van der Waals surface area contributed by atoms with Gasteiger partial charge in [0.25, 0.3) is 5.91 Å². The highest BCUT2D eigenvalue weighted by molar-refractivity contribution is 6.02. The topological polar surface area (TPSA) is 73.0 Å². The second-order valence-corrected chi connectivity index (χ2v) is 11.8. The molecule has 7 heteroatoms. The monoisotopic (exact) mass is 514 g/mol. The Labute approximate surface area is 225 Å². The summed E-state index contributed by atoms with van der Waals surface area (Å²) in [5, 5.41) is 2.99. The zero-order valence-electron chi connectivity index (χ0n) is 22.9. The Balaban J connectivity index is 1.24. The Morgan fingerprint density at radius 1 is 0.974 bits per heavy atom. The summed E-state index contributed by atoms with van der Waals surface area (Å²) in [4.78, 5) is 44.6. The molecular formula is C31H38N4O3. The molecule has 1 fully saturated rings. The number of carbonyl (C=O) groups is 3. The van der Waals surface area contributed by atoms with E-state index in [0.29, 0.717) is 30.3 Å². The highest BCUT2D eigenvalue weighted by Crippen LogP contribution is 2.36. The number of hydrogen-bond donors (Lipinski definition) is 1. The molecule has 0 aromatic heterocycles. The van der Waals surface area contributed by atoms with Gasteiger partial charge in [-0.05, 0) is 47.3 Å². The van der Waals surface area contributed by atoms with Crippen LogP contribution in [0.25, 0.3) is 0 Å². The number of amides is 4.